The summed E-state index contributed by atoms with van der Waals surface area (Å²) in [4.78, 5) is 12.5. The molecule has 116 valence electrons. The topological polar surface area (TPSA) is 55.8 Å². The molecule has 2 aromatic rings. The van der Waals surface area contributed by atoms with Crippen LogP contribution in [0.15, 0.2) is 36.4 Å². The second-order valence-corrected chi connectivity index (χ2v) is 5.04. The molecule has 0 radical (unpaired) electrons. The zero-order chi connectivity index (χ0) is 16.1. The third kappa shape index (κ3) is 3.22. The first-order valence-electron chi connectivity index (χ1n) is 7.10. The van der Waals surface area contributed by atoms with E-state index in [4.69, 9.17) is 9.47 Å². The number of hydrogen-bond acceptors (Lipinski definition) is 4. The summed E-state index contributed by atoms with van der Waals surface area (Å²) >= 11 is 0. The Morgan fingerprint density at radius 1 is 1.09 bits per heavy atom. The molecule has 0 bridgehead atoms. The van der Waals surface area contributed by atoms with Crippen LogP contribution in [-0.2, 0) is 6.42 Å². The van der Waals surface area contributed by atoms with Crippen molar-refractivity contribution in [3.8, 4) is 17.2 Å². The average Bonchev–Trinajstić information content (AvgIpc) is 2.55. The SMILES string of the molecule is COc1cc(OC)c(C(=O)CCc2ccccc2)c(O)c1C. The number of ketones is 1. The zero-order valence-corrected chi connectivity index (χ0v) is 13.1. The van der Waals surface area contributed by atoms with Crippen molar-refractivity contribution in [1.82, 2.24) is 0 Å². The third-order valence-electron chi connectivity index (χ3n) is 3.67. The van der Waals surface area contributed by atoms with Gasteiger partial charge in [-0.25, -0.2) is 0 Å². The van der Waals surface area contributed by atoms with Gasteiger partial charge in [0.15, 0.2) is 5.78 Å². The van der Waals surface area contributed by atoms with Crippen LogP contribution >= 0.6 is 0 Å². The Hall–Kier alpha value is -2.49. The number of phenols is 1. The first kappa shape index (κ1) is 15.9. The Labute approximate surface area is 130 Å². The largest absolute Gasteiger partial charge is 0.507 e. The Morgan fingerprint density at radius 2 is 1.73 bits per heavy atom. The van der Waals surface area contributed by atoms with E-state index < -0.39 is 0 Å². The quantitative estimate of drug-likeness (QED) is 0.829. The lowest BCUT2D eigenvalue weighted by atomic mass is 9.98. The van der Waals surface area contributed by atoms with E-state index in [0.29, 0.717) is 29.9 Å². The number of aromatic hydroxyl groups is 1. The van der Waals surface area contributed by atoms with Crippen molar-refractivity contribution >= 4 is 5.78 Å². The molecule has 0 unspecified atom stereocenters. The van der Waals surface area contributed by atoms with Crippen LogP contribution in [0.25, 0.3) is 0 Å². The molecular formula is C18H20O4. The van der Waals surface area contributed by atoms with Gasteiger partial charge < -0.3 is 14.6 Å². The van der Waals surface area contributed by atoms with Gasteiger partial charge in [0.2, 0.25) is 0 Å². The van der Waals surface area contributed by atoms with Gasteiger partial charge in [-0.05, 0) is 18.9 Å². The fraction of sp³-hybridized carbons (Fsp3) is 0.278. The predicted molar refractivity (Wildman–Crippen MR) is 85.0 cm³/mol. The standard InChI is InChI=1S/C18H20O4/c1-12-15(21-2)11-16(22-3)17(18(12)20)14(19)10-9-13-7-5-4-6-8-13/h4-8,11,20H,9-10H2,1-3H3. The van der Waals surface area contributed by atoms with Crippen molar-refractivity contribution in [2.24, 2.45) is 0 Å². The molecule has 0 aliphatic rings. The van der Waals surface area contributed by atoms with Crippen molar-refractivity contribution in [2.45, 2.75) is 19.8 Å². The Kier molecular flexibility index (Phi) is 5.04. The fourth-order valence-corrected chi connectivity index (χ4v) is 2.39. The van der Waals surface area contributed by atoms with E-state index in [-0.39, 0.29) is 17.1 Å². The minimum atomic E-state index is -0.149. The van der Waals surface area contributed by atoms with E-state index in [2.05, 4.69) is 0 Å². The third-order valence-corrected chi connectivity index (χ3v) is 3.67. The number of benzene rings is 2. The summed E-state index contributed by atoms with van der Waals surface area (Å²) in [5.41, 5.74) is 1.84. The number of methoxy groups -OCH3 is 2. The molecule has 0 aliphatic heterocycles. The van der Waals surface area contributed by atoms with Crippen LogP contribution in [-0.4, -0.2) is 25.1 Å². The summed E-state index contributed by atoms with van der Waals surface area (Å²) in [7, 11) is 2.98. The summed E-state index contributed by atoms with van der Waals surface area (Å²) in [6, 6.07) is 11.4. The van der Waals surface area contributed by atoms with Gasteiger partial charge in [0.05, 0.1) is 14.2 Å². The highest BCUT2D eigenvalue weighted by Gasteiger charge is 2.22. The molecule has 2 aromatic carbocycles. The van der Waals surface area contributed by atoms with Crippen LogP contribution in [0.5, 0.6) is 17.2 Å². The number of carbonyl (C=O) groups excluding carboxylic acids is 1. The van der Waals surface area contributed by atoms with Gasteiger partial charge in [-0.2, -0.15) is 0 Å². The van der Waals surface area contributed by atoms with Crippen molar-refractivity contribution in [3.63, 3.8) is 0 Å². The lowest BCUT2D eigenvalue weighted by Gasteiger charge is -2.15. The van der Waals surface area contributed by atoms with Gasteiger partial charge in [0.25, 0.3) is 0 Å². The smallest absolute Gasteiger partial charge is 0.170 e. The summed E-state index contributed by atoms with van der Waals surface area (Å²) in [5, 5.41) is 10.3. The Balaban J connectivity index is 2.27. The molecule has 2 rings (SSSR count). The molecule has 0 fully saturated rings. The normalized spacial score (nSPS) is 10.3. The van der Waals surface area contributed by atoms with Gasteiger partial charge in [-0.3, -0.25) is 4.79 Å². The maximum Gasteiger partial charge on any atom is 0.170 e. The predicted octanol–water partition coefficient (Wildman–Crippen LogP) is 3.53. The summed E-state index contributed by atoms with van der Waals surface area (Å²) < 4.78 is 10.4. The van der Waals surface area contributed by atoms with Gasteiger partial charge >= 0.3 is 0 Å². The first-order chi connectivity index (χ1) is 10.6. The maximum absolute atomic E-state index is 12.5. The van der Waals surface area contributed by atoms with Crippen molar-refractivity contribution in [1.29, 1.82) is 0 Å². The monoisotopic (exact) mass is 300 g/mol. The molecule has 0 aliphatic carbocycles. The second-order valence-electron chi connectivity index (χ2n) is 5.04. The van der Waals surface area contributed by atoms with Crippen molar-refractivity contribution in [3.05, 3.63) is 53.1 Å². The molecule has 22 heavy (non-hydrogen) atoms. The van der Waals surface area contributed by atoms with Crippen LogP contribution in [0.4, 0.5) is 0 Å². The van der Waals surface area contributed by atoms with E-state index in [1.165, 1.54) is 14.2 Å². The molecule has 0 spiro atoms. The molecule has 1 N–H and O–H groups in total. The number of aryl methyl sites for hydroxylation is 1. The number of phenolic OH excluding ortho intramolecular Hbond substituents is 1. The fourth-order valence-electron chi connectivity index (χ4n) is 2.39. The molecule has 0 saturated carbocycles. The lowest BCUT2D eigenvalue weighted by Crippen LogP contribution is -2.06. The number of rotatable bonds is 6. The highest BCUT2D eigenvalue weighted by Crippen LogP contribution is 2.38. The van der Waals surface area contributed by atoms with Gasteiger partial charge in [0, 0.05) is 18.1 Å². The van der Waals surface area contributed by atoms with Gasteiger partial charge in [0.1, 0.15) is 22.8 Å². The summed E-state index contributed by atoms with van der Waals surface area (Å²) in [6.07, 6.45) is 0.924. The minimum Gasteiger partial charge on any atom is -0.507 e. The Bertz CT molecular complexity index is 663. The molecule has 0 heterocycles. The molecule has 0 saturated heterocycles. The molecule has 4 heteroatoms. The van der Waals surface area contributed by atoms with E-state index >= 15 is 0 Å². The van der Waals surface area contributed by atoms with Crippen LogP contribution in [0.2, 0.25) is 0 Å². The molecule has 0 aromatic heterocycles. The van der Waals surface area contributed by atoms with Gasteiger partial charge in [-0.1, -0.05) is 30.3 Å². The molecule has 0 amide bonds. The zero-order valence-electron chi connectivity index (χ0n) is 13.1. The molecule has 4 nitrogen and oxygen atoms in total. The van der Waals surface area contributed by atoms with Gasteiger partial charge in [-0.15, -0.1) is 0 Å². The Morgan fingerprint density at radius 3 is 2.32 bits per heavy atom. The summed E-state index contributed by atoms with van der Waals surface area (Å²) in [5.74, 6) is 0.602. The molecule has 0 atom stereocenters. The second kappa shape index (κ2) is 6.98. The lowest BCUT2D eigenvalue weighted by molar-refractivity contribution is 0.0977. The van der Waals surface area contributed by atoms with E-state index in [1.807, 2.05) is 30.3 Å². The maximum atomic E-state index is 12.5. The van der Waals surface area contributed by atoms with Crippen LogP contribution < -0.4 is 9.47 Å². The number of hydrogen-bond donors (Lipinski definition) is 1. The highest BCUT2D eigenvalue weighted by molar-refractivity contribution is 6.02. The minimum absolute atomic E-state index is 0.0748. The first-order valence-corrected chi connectivity index (χ1v) is 7.10. The number of ether oxygens (including phenoxy) is 2. The van der Waals surface area contributed by atoms with E-state index in [0.717, 1.165) is 5.56 Å². The number of Topliss-reactive ketones (excluding diaryl/α,β-unsaturated/α-hetero) is 1. The van der Waals surface area contributed by atoms with E-state index in [9.17, 15) is 9.90 Å². The van der Waals surface area contributed by atoms with Crippen molar-refractivity contribution < 1.29 is 19.4 Å². The summed E-state index contributed by atoms with van der Waals surface area (Å²) in [6.45, 7) is 1.71. The van der Waals surface area contributed by atoms with Crippen LogP contribution in [0, 0.1) is 6.92 Å². The van der Waals surface area contributed by atoms with Crippen molar-refractivity contribution in [2.75, 3.05) is 14.2 Å². The highest BCUT2D eigenvalue weighted by atomic mass is 16.5. The van der Waals surface area contributed by atoms with Crippen LogP contribution in [0.3, 0.4) is 0 Å². The number of carbonyl (C=O) groups is 1. The van der Waals surface area contributed by atoms with Crippen LogP contribution in [0.1, 0.15) is 27.9 Å². The van der Waals surface area contributed by atoms with E-state index in [1.54, 1.807) is 13.0 Å². The average molecular weight is 300 g/mol. The molecular weight excluding hydrogens is 280 g/mol.